The number of methoxy groups -OCH3 is 1. The summed E-state index contributed by atoms with van der Waals surface area (Å²) in [6.45, 7) is 8.44. The zero-order valence-corrected chi connectivity index (χ0v) is 12.6. The molecule has 1 heterocycles. The highest BCUT2D eigenvalue weighted by Crippen LogP contribution is 2.22. The third kappa shape index (κ3) is 3.87. The maximum absolute atomic E-state index is 5.40. The fourth-order valence-electron chi connectivity index (χ4n) is 1.97. The number of hydrogen-bond acceptors (Lipinski definition) is 3. The molecule has 0 aliphatic carbocycles. The third-order valence-electron chi connectivity index (χ3n) is 2.78. The average molecular weight is 267 g/mol. The van der Waals surface area contributed by atoms with Gasteiger partial charge in [0, 0.05) is 20.1 Å². The van der Waals surface area contributed by atoms with E-state index in [1.165, 1.54) is 0 Å². The molecule has 0 atom stereocenters. The van der Waals surface area contributed by atoms with E-state index in [4.69, 9.17) is 4.74 Å². The normalized spacial score (nSPS) is 10.2. The summed E-state index contributed by atoms with van der Waals surface area (Å²) in [6, 6.07) is 0. The average Bonchev–Trinajstić information content (AvgIpc) is 2.71. The molecule has 1 aromatic rings. The van der Waals surface area contributed by atoms with Crippen LogP contribution in [0.15, 0.2) is 4.99 Å². The van der Waals surface area contributed by atoms with Crippen molar-refractivity contribution in [2.45, 2.75) is 33.7 Å². The number of nitrogens with zero attached hydrogens (tertiary/aromatic N) is 3. The molecule has 0 aliphatic heterocycles. The number of aliphatic imine (C=N–C) groups is 1. The van der Waals surface area contributed by atoms with Gasteiger partial charge in [-0.3, -0.25) is 0 Å². The number of guanidine groups is 1. The predicted molar refractivity (Wildman–Crippen MR) is 77.6 cm³/mol. The van der Waals surface area contributed by atoms with Crippen molar-refractivity contribution in [1.29, 1.82) is 0 Å². The van der Waals surface area contributed by atoms with E-state index in [0.29, 0.717) is 6.54 Å². The van der Waals surface area contributed by atoms with Crippen LogP contribution in [0.1, 0.15) is 32.0 Å². The molecular weight excluding hydrogens is 242 g/mol. The zero-order valence-electron chi connectivity index (χ0n) is 12.6. The minimum absolute atomic E-state index is 0.565. The first kappa shape index (κ1) is 15.3. The lowest BCUT2D eigenvalue weighted by molar-refractivity contribution is 0.369. The van der Waals surface area contributed by atoms with E-state index in [1.54, 1.807) is 11.8 Å². The van der Waals surface area contributed by atoms with Gasteiger partial charge in [0.2, 0.25) is 5.88 Å². The molecule has 0 bridgehead atoms. The van der Waals surface area contributed by atoms with Crippen LogP contribution in [0.4, 0.5) is 0 Å². The van der Waals surface area contributed by atoms with Crippen LogP contribution in [0.25, 0.3) is 0 Å². The largest absolute Gasteiger partial charge is 0.481 e. The van der Waals surface area contributed by atoms with Crippen LogP contribution < -0.4 is 15.4 Å². The van der Waals surface area contributed by atoms with Crippen molar-refractivity contribution in [3.05, 3.63) is 11.3 Å². The van der Waals surface area contributed by atoms with Crippen LogP contribution in [0, 0.1) is 0 Å². The molecule has 0 fully saturated rings. The Balaban J connectivity index is 2.93. The van der Waals surface area contributed by atoms with Gasteiger partial charge in [0.1, 0.15) is 0 Å². The summed E-state index contributed by atoms with van der Waals surface area (Å²) in [5.74, 6) is 1.60. The van der Waals surface area contributed by atoms with E-state index in [1.807, 2.05) is 7.05 Å². The first-order valence-corrected chi connectivity index (χ1v) is 6.78. The maximum atomic E-state index is 5.40. The molecule has 2 N–H and O–H groups in total. The van der Waals surface area contributed by atoms with Gasteiger partial charge < -0.3 is 15.4 Å². The lowest BCUT2D eigenvalue weighted by Gasteiger charge is -2.09. The second kappa shape index (κ2) is 7.66. The second-order valence-electron chi connectivity index (χ2n) is 4.14. The molecule has 0 saturated carbocycles. The van der Waals surface area contributed by atoms with Crippen molar-refractivity contribution in [3.8, 4) is 5.88 Å². The summed E-state index contributed by atoms with van der Waals surface area (Å²) in [4.78, 5) is 4.57. The smallest absolute Gasteiger partial charge is 0.216 e. The van der Waals surface area contributed by atoms with Crippen molar-refractivity contribution in [3.63, 3.8) is 0 Å². The Hall–Kier alpha value is -1.72. The molecule has 0 aromatic carbocycles. The summed E-state index contributed by atoms with van der Waals surface area (Å²) < 4.78 is 7.17. The quantitative estimate of drug-likeness (QED) is 0.598. The lowest BCUT2D eigenvalue weighted by Crippen LogP contribution is -2.37. The second-order valence-corrected chi connectivity index (χ2v) is 4.14. The summed E-state index contributed by atoms with van der Waals surface area (Å²) in [5.41, 5.74) is 2.09. The van der Waals surface area contributed by atoms with Crippen LogP contribution in [0.3, 0.4) is 0 Å². The predicted octanol–water partition coefficient (Wildman–Crippen LogP) is 1.07. The van der Waals surface area contributed by atoms with E-state index in [9.17, 15) is 0 Å². The van der Waals surface area contributed by atoms with Gasteiger partial charge in [-0.2, -0.15) is 5.10 Å². The Bertz CT molecular complexity index is 417. The number of nitrogens with one attached hydrogen (secondary N) is 2. The molecular formula is C13H25N5O. The Morgan fingerprint density at radius 1 is 1.26 bits per heavy atom. The molecule has 0 spiro atoms. The summed E-state index contributed by atoms with van der Waals surface area (Å²) in [5, 5.41) is 10.9. The van der Waals surface area contributed by atoms with Gasteiger partial charge in [0.15, 0.2) is 5.96 Å². The number of aromatic nitrogens is 2. The van der Waals surface area contributed by atoms with Crippen molar-refractivity contribution < 1.29 is 4.74 Å². The Labute approximate surface area is 115 Å². The molecule has 1 aromatic heterocycles. The van der Waals surface area contributed by atoms with E-state index in [2.05, 4.69) is 41.5 Å². The van der Waals surface area contributed by atoms with Gasteiger partial charge in [0.05, 0.1) is 24.9 Å². The molecule has 19 heavy (non-hydrogen) atoms. The van der Waals surface area contributed by atoms with Gasteiger partial charge in [-0.25, -0.2) is 9.67 Å². The monoisotopic (exact) mass is 267 g/mol. The standard InChI is InChI=1S/C13H25N5O/c1-6-11-10(12(19-5)18(4)17-11)9-16-13(14-7-2)15-8-3/h6-9H2,1-5H3,(H2,14,15,16). The van der Waals surface area contributed by atoms with Gasteiger partial charge in [-0.1, -0.05) is 6.92 Å². The SMILES string of the molecule is CCNC(=NCc1c(CC)nn(C)c1OC)NCC. The molecule has 0 saturated heterocycles. The third-order valence-corrected chi connectivity index (χ3v) is 2.78. The van der Waals surface area contributed by atoms with Gasteiger partial charge >= 0.3 is 0 Å². The molecule has 0 amide bonds. The van der Waals surface area contributed by atoms with Crippen LogP contribution in [-0.4, -0.2) is 35.9 Å². The first-order valence-electron chi connectivity index (χ1n) is 6.78. The van der Waals surface area contributed by atoms with Gasteiger partial charge in [-0.15, -0.1) is 0 Å². The van der Waals surface area contributed by atoms with Crippen LogP contribution in [0.5, 0.6) is 5.88 Å². The number of hydrogen-bond donors (Lipinski definition) is 2. The minimum atomic E-state index is 0.565. The van der Waals surface area contributed by atoms with E-state index >= 15 is 0 Å². The number of rotatable bonds is 6. The Morgan fingerprint density at radius 2 is 1.89 bits per heavy atom. The summed E-state index contributed by atoms with van der Waals surface area (Å²) >= 11 is 0. The number of ether oxygens (including phenoxy) is 1. The van der Waals surface area contributed by atoms with Gasteiger partial charge in [-0.05, 0) is 20.3 Å². The van der Waals surface area contributed by atoms with Gasteiger partial charge in [0.25, 0.3) is 0 Å². The summed E-state index contributed by atoms with van der Waals surface area (Å²) in [7, 11) is 3.56. The van der Waals surface area contributed by atoms with Crippen LogP contribution in [0.2, 0.25) is 0 Å². The van der Waals surface area contributed by atoms with Crippen molar-refractivity contribution >= 4 is 5.96 Å². The topological polar surface area (TPSA) is 63.5 Å². The molecule has 6 heteroatoms. The highest BCUT2D eigenvalue weighted by Gasteiger charge is 2.15. The van der Waals surface area contributed by atoms with E-state index < -0.39 is 0 Å². The molecule has 0 unspecified atom stereocenters. The summed E-state index contributed by atoms with van der Waals surface area (Å²) in [6.07, 6.45) is 0.875. The molecule has 0 radical (unpaired) electrons. The Morgan fingerprint density at radius 3 is 2.37 bits per heavy atom. The van der Waals surface area contributed by atoms with Crippen LogP contribution in [-0.2, 0) is 20.0 Å². The van der Waals surface area contributed by atoms with Crippen molar-refractivity contribution in [1.82, 2.24) is 20.4 Å². The maximum Gasteiger partial charge on any atom is 0.216 e. The number of aryl methyl sites for hydroxylation is 2. The minimum Gasteiger partial charge on any atom is -0.481 e. The van der Waals surface area contributed by atoms with E-state index in [0.717, 1.165) is 42.6 Å². The van der Waals surface area contributed by atoms with Crippen molar-refractivity contribution in [2.24, 2.45) is 12.0 Å². The fourth-order valence-corrected chi connectivity index (χ4v) is 1.97. The lowest BCUT2D eigenvalue weighted by atomic mass is 10.2. The van der Waals surface area contributed by atoms with E-state index in [-0.39, 0.29) is 0 Å². The molecule has 6 nitrogen and oxygen atoms in total. The highest BCUT2D eigenvalue weighted by atomic mass is 16.5. The zero-order chi connectivity index (χ0) is 14.3. The fraction of sp³-hybridized carbons (Fsp3) is 0.692. The molecule has 0 aliphatic rings. The van der Waals surface area contributed by atoms with Crippen molar-refractivity contribution in [2.75, 3.05) is 20.2 Å². The molecule has 1 rings (SSSR count). The Kier molecular flexibility index (Phi) is 6.18. The highest BCUT2D eigenvalue weighted by molar-refractivity contribution is 5.79. The molecule has 108 valence electrons. The first-order chi connectivity index (χ1) is 9.17. The van der Waals surface area contributed by atoms with Crippen LogP contribution >= 0.6 is 0 Å².